The van der Waals surface area contributed by atoms with Gasteiger partial charge >= 0.3 is 0 Å². The van der Waals surface area contributed by atoms with E-state index in [-0.39, 0.29) is 11.1 Å². The zero-order valence-electron chi connectivity index (χ0n) is 14.9. The van der Waals surface area contributed by atoms with E-state index in [0.717, 1.165) is 52.1 Å². The van der Waals surface area contributed by atoms with Gasteiger partial charge in [0.2, 0.25) is 5.90 Å². The summed E-state index contributed by atoms with van der Waals surface area (Å²) in [6, 6.07) is 15.1. The molecule has 1 aliphatic carbocycles. The predicted molar refractivity (Wildman–Crippen MR) is 101 cm³/mol. The summed E-state index contributed by atoms with van der Waals surface area (Å²) in [5.74, 6) is -3.08. The zero-order valence-corrected chi connectivity index (χ0v) is 14.9. The standard InChI is InChI=1S/C23H16F3NO/c24-19-5-2-17(3-6-19)23(25,26)18-4-8-21-16(13-18)12-15-11-14(1-7-20(15)21)22-27-9-10-28-22/h1-8,11,13H,9-10,12H2. The number of hydrogen-bond acceptors (Lipinski definition) is 2. The first-order chi connectivity index (χ1) is 13.5. The quantitative estimate of drug-likeness (QED) is 0.472. The smallest absolute Gasteiger partial charge is 0.298 e. The number of nitrogens with zero attached hydrogens (tertiary/aromatic N) is 1. The van der Waals surface area contributed by atoms with Gasteiger partial charge in [0.15, 0.2) is 0 Å². The highest BCUT2D eigenvalue weighted by molar-refractivity contribution is 5.96. The Kier molecular flexibility index (Phi) is 3.79. The normalized spacial score (nSPS) is 15.0. The monoisotopic (exact) mass is 379 g/mol. The maximum atomic E-state index is 14.9. The Bertz CT molecular complexity index is 1100. The topological polar surface area (TPSA) is 21.6 Å². The van der Waals surface area contributed by atoms with Crippen molar-refractivity contribution in [1.82, 2.24) is 0 Å². The van der Waals surface area contributed by atoms with E-state index >= 15 is 0 Å². The molecule has 3 aromatic rings. The molecule has 5 heteroatoms. The lowest BCUT2D eigenvalue weighted by atomic mass is 9.96. The third kappa shape index (κ3) is 2.70. The van der Waals surface area contributed by atoms with Gasteiger partial charge in [-0.1, -0.05) is 18.2 Å². The van der Waals surface area contributed by atoms with E-state index in [9.17, 15) is 13.2 Å². The second-order valence-electron chi connectivity index (χ2n) is 7.04. The van der Waals surface area contributed by atoms with E-state index in [1.165, 1.54) is 6.07 Å². The molecule has 3 aromatic carbocycles. The summed E-state index contributed by atoms with van der Waals surface area (Å²) >= 11 is 0. The van der Waals surface area contributed by atoms with Crippen LogP contribution < -0.4 is 0 Å². The Morgan fingerprint density at radius 2 is 1.50 bits per heavy atom. The van der Waals surface area contributed by atoms with Crippen LogP contribution in [0.4, 0.5) is 13.2 Å². The molecule has 0 atom stereocenters. The highest BCUT2D eigenvalue weighted by Gasteiger charge is 2.35. The fourth-order valence-electron chi connectivity index (χ4n) is 3.87. The Balaban J connectivity index is 1.50. The fourth-order valence-corrected chi connectivity index (χ4v) is 3.87. The first-order valence-electron chi connectivity index (χ1n) is 9.10. The van der Waals surface area contributed by atoms with Crippen molar-refractivity contribution in [3.05, 3.63) is 94.3 Å². The molecule has 0 radical (unpaired) electrons. The van der Waals surface area contributed by atoms with Gasteiger partial charge in [0.25, 0.3) is 5.92 Å². The Labute approximate surface area is 160 Å². The number of aliphatic imine (C=N–C) groups is 1. The average molecular weight is 379 g/mol. The van der Waals surface area contributed by atoms with Crippen LogP contribution in [0.25, 0.3) is 11.1 Å². The molecule has 0 unspecified atom stereocenters. The summed E-state index contributed by atoms with van der Waals surface area (Å²) in [5.41, 5.74) is 4.57. The van der Waals surface area contributed by atoms with Crippen molar-refractivity contribution < 1.29 is 17.9 Å². The van der Waals surface area contributed by atoms with Crippen LogP contribution in [0.15, 0.2) is 65.7 Å². The van der Waals surface area contributed by atoms with E-state index < -0.39 is 11.7 Å². The number of benzene rings is 3. The van der Waals surface area contributed by atoms with Crippen LogP contribution in [-0.2, 0) is 17.1 Å². The highest BCUT2D eigenvalue weighted by atomic mass is 19.3. The lowest BCUT2D eigenvalue weighted by molar-refractivity contribution is 0.0427. The van der Waals surface area contributed by atoms with Crippen molar-refractivity contribution in [2.75, 3.05) is 13.2 Å². The maximum absolute atomic E-state index is 14.9. The molecule has 1 aliphatic heterocycles. The van der Waals surface area contributed by atoms with Crippen LogP contribution in [0, 0.1) is 5.82 Å². The van der Waals surface area contributed by atoms with Crippen molar-refractivity contribution in [3.8, 4) is 11.1 Å². The fraction of sp³-hybridized carbons (Fsp3) is 0.174. The van der Waals surface area contributed by atoms with Crippen molar-refractivity contribution in [1.29, 1.82) is 0 Å². The van der Waals surface area contributed by atoms with Crippen LogP contribution in [-0.4, -0.2) is 19.0 Å². The molecule has 2 aliphatic rings. The van der Waals surface area contributed by atoms with Crippen molar-refractivity contribution in [2.24, 2.45) is 4.99 Å². The predicted octanol–water partition coefficient (Wildman–Crippen LogP) is 5.31. The largest absolute Gasteiger partial charge is 0.476 e. The van der Waals surface area contributed by atoms with Crippen LogP contribution in [0.1, 0.15) is 27.8 Å². The zero-order chi connectivity index (χ0) is 19.3. The minimum Gasteiger partial charge on any atom is -0.476 e. The van der Waals surface area contributed by atoms with Gasteiger partial charge in [0.05, 0.1) is 6.54 Å². The maximum Gasteiger partial charge on any atom is 0.298 e. The van der Waals surface area contributed by atoms with Crippen LogP contribution >= 0.6 is 0 Å². The number of alkyl halides is 2. The minimum atomic E-state index is -3.19. The average Bonchev–Trinajstić information content (AvgIpc) is 3.35. The molecule has 2 nitrogen and oxygen atoms in total. The molecular weight excluding hydrogens is 363 g/mol. The van der Waals surface area contributed by atoms with Crippen molar-refractivity contribution >= 4 is 5.90 Å². The number of ether oxygens (including phenoxy) is 1. The van der Waals surface area contributed by atoms with Gasteiger partial charge in [0.1, 0.15) is 12.4 Å². The molecule has 0 bridgehead atoms. The molecule has 0 amide bonds. The molecule has 0 fully saturated rings. The van der Waals surface area contributed by atoms with Gasteiger partial charge in [-0.05, 0) is 71.1 Å². The second-order valence-corrected chi connectivity index (χ2v) is 7.04. The minimum absolute atomic E-state index is 0.0885. The molecular formula is C23H16F3NO. The van der Waals surface area contributed by atoms with E-state index in [1.807, 2.05) is 18.2 Å². The number of fused-ring (bicyclic) bond motifs is 3. The van der Waals surface area contributed by atoms with Gasteiger partial charge in [-0.3, -0.25) is 0 Å². The second kappa shape index (κ2) is 6.23. The Hall–Kier alpha value is -3.08. The molecule has 1 heterocycles. The van der Waals surface area contributed by atoms with E-state index in [2.05, 4.69) is 4.99 Å². The SMILES string of the molecule is Fc1ccc(C(F)(F)c2ccc3c(c2)Cc2cc(C4=NCCO4)ccc2-3)cc1. The molecule has 0 N–H and O–H groups in total. The summed E-state index contributed by atoms with van der Waals surface area (Å²) in [4.78, 5) is 4.34. The van der Waals surface area contributed by atoms with Crippen LogP contribution in [0.5, 0.6) is 0 Å². The molecule has 140 valence electrons. The van der Waals surface area contributed by atoms with Gasteiger partial charge in [-0.15, -0.1) is 0 Å². The van der Waals surface area contributed by atoms with Gasteiger partial charge in [-0.2, -0.15) is 8.78 Å². The van der Waals surface area contributed by atoms with Crippen LogP contribution in [0.3, 0.4) is 0 Å². The van der Waals surface area contributed by atoms with Gasteiger partial charge in [0, 0.05) is 16.7 Å². The Morgan fingerprint density at radius 1 is 0.821 bits per heavy atom. The van der Waals surface area contributed by atoms with Crippen molar-refractivity contribution in [2.45, 2.75) is 12.3 Å². The molecule has 0 spiro atoms. The first kappa shape index (κ1) is 17.0. The highest BCUT2D eigenvalue weighted by Crippen LogP contribution is 2.42. The molecule has 5 rings (SSSR count). The molecule has 0 aromatic heterocycles. The first-order valence-corrected chi connectivity index (χ1v) is 9.10. The summed E-state index contributed by atoms with van der Waals surface area (Å²) in [6.07, 6.45) is 0.582. The third-order valence-electron chi connectivity index (χ3n) is 5.28. The van der Waals surface area contributed by atoms with E-state index in [1.54, 1.807) is 12.1 Å². The van der Waals surface area contributed by atoms with Crippen molar-refractivity contribution in [3.63, 3.8) is 0 Å². The molecule has 28 heavy (non-hydrogen) atoms. The molecule has 0 saturated carbocycles. The van der Waals surface area contributed by atoms with Gasteiger partial charge in [-0.25, -0.2) is 9.38 Å². The number of halogens is 3. The van der Waals surface area contributed by atoms with Crippen LogP contribution in [0.2, 0.25) is 0 Å². The molecule has 0 saturated heterocycles. The number of hydrogen-bond donors (Lipinski definition) is 0. The summed E-state index contributed by atoms with van der Waals surface area (Å²) < 4.78 is 48.5. The lowest BCUT2D eigenvalue weighted by Gasteiger charge is -2.18. The Morgan fingerprint density at radius 3 is 2.21 bits per heavy atom. The lowest BCUT2D eigenvalue weighted by Crippen LogP contribution is -2.15. The third-order valence-corrected chi connectivity index (χ3v) is 5.28. The van der Waals surface area contributed by atoms with Gasteiger partial charge < -0.3 is 4.74 Å². The van der Waals surface area contributed by atoms with E-state index in [0.29, 0.717) is 25.5 Å². The number of rotatable bonds is 3. The summed E-state index contributed by atoms with van der Waals surface area (Å²) in [7, 11) is 0. The summed E-state index contributed by atoms with van der Waals surface area (Å²) in [6.45, 7) is 1.25. The van der Waals surface area contributed by atoms with E-state index in [4.69, 9.17) is 4.74 Å². The summed E-state index contributed by atoms with van der Waals surface area (Å²) in [5, 5.41) is 0.